The number of hydrogen-bond acceptors (Lipinski definition) is 5. The molecule has 0 saturated carbocycles. The summed E-state index contributed by atoms with van der Waals surface area (Å²) in [6, 6.07) is 8.78. The Morgan fingerprint density at radius 1 is 1.35 bits per heavy atom. The van der Waals surface area contributed by atoms with Crippen molar-refractivity contribution in [2.75, 3.05) is 5.32 Å². The van der Waals surface area contributed by atoms with Crippen LogP contribution in [0.2, 0.25) is 5.02 Å². The van der Waals surface area contributed by atoms with Crippen LogP contribution >= 0.6 is 34.3 Å². The molecule has 114 valence electrons. The van der Waals surface area contributed by atoms with Crippen molar-refractivity contribution in [2.24, 2.45) is 0 Å². The zero-order chi connectivity index (χ0) is 16.2. The van der Waals surface area contributed by atoms with Crippen LogP contribution in [0.3, 0.4) is 0 Å². The maximum Gasteiger partial charge on any atom is 0.230 e. The highest BCUT2D eigenvalue weighted by molar-refractivity contribution is 7.14. The molecule has 0 spiro atoms. The Bertz CT molecular complexity index is 881. The largest absolute Gasteiger partial charge is 0.326 e. The molecular weight excluding hydrogens is 350 g/mol. The lowest BCUT2D eigenvalue weighted by atomic mass is 10.2. The summed E-state index contributed by atoms with van der Waals surface area (Å²) < 4.78 is 0. The van der Waals surface area contributed by atoms with Gasteiger partial charge in [0.1, 0.15) is 11.1 Å². The van der Waals surface area contributed by atoms with Gasteiger partial charge in [-0.15, -0.1) is 11.3 Å². The van der Waals surface area contributed by atoms with Gasteiger partial charge in [0, 0.05) is 22.0 Å². The lowest BCUT2D eigenvalue weighted by molar-refractivity contribution is -0.115. The van der Waals surface area contributed by atoms with Gasteiger partial charge in [-0.2, -0.15) is 16.6 Å². The predicted molar refractivity (Wildman–Crippen MR) is 93.9 cm³/mol. The van der Waals surface area contributed by atoms with Crippen LogP contribution in [0.25, 0.3) is 10.6 Å². The molecule has 3 aromatic rings. The Kier molecular flexibility index (Phi) is 4.72. The van der Waals surface area contributed by atoms with E-state index < -0.39 is 0 Å². The van der Waals surface area contributed by atoms with Gasteiger partial charge < -0.3 is 5.32 Å². The molecule has 0 aliphatic heterocycles. The van der Waals surface area contributed by atoms with Gasteiger partial charge in [-0.25, -0.2) is 4.98 Å². The number of carbonyl (C=O) groups is 1. The molecule has 2 aromatic heterocycles. The van der Waals surface area contributed by atoms with Crippen molar-refractivity contribution in [3.63, 3.8) is 0 Å². The van der Waals surface area contributed by atoms with Crippen LogP contribution in [0.15, 0.2) is 40.4 Å². The van der Waals surface area contributed by atoms with E-state index in [2.05, 4.69) is 10.3 Å². The normalized spacial score (nSPS) is 10.3. The number of carbonyl (C=O) groups excluding carboxylic acids is 1. The predicted octanol–water partition coefficient (Wildman–Crippen LogP) is 4.58. The number of thiazole rings is 1. The number of halogens is 1. The highest BCUT2D eigenvalue weighted by Crippen LogP contribution is 2.26. The molecule has 0 aliphatic carbocycles. The van der Waals surface area contributed by atoms with E-state index in [1.165, 1.54) is 11.3 Å². The standard InChI is InChI=1S/C16H10ClN3OS2/c17-14-5-12(2-1-10(14)7-18)19-15(21)6-13-9-23-16(20-13)11-3-4-22-8-11/h1-5,8-9H,6H2,(H,19,21). The molecule has 3 rings (SSSR count). The van der Waals surface area contributed by atoms with Gasteiger partial charge in [0.25, 0.3) is 0 Å². The van der Waals surface area contributed by atoms with Crippen LogP contribution in [0.1, 0.15) is 11.3 Å². The van der Waals surface area contributed by atoms with Crippen LogP contribution in [-0.2, 0) is 11.2 Å². The van der Waals surface area contributed by atoms with Crippen molar-refractivity contribution >= 4 is 45.9 Å². The second-order valence-corrected chi connectivity index (χ2v) is 6.73. The summed E-state index contributed by atoms with van der Waals surface area (Å²) in [6.07, 6.45) is 0.193. The van der Waals surface area contributed by atoms with Crippen LogP contribution < -0.4 is 5.32 Å². The highest BCUT2D eigenvalue weighted by atomic mass is 35.5. The minimum absolute atomic E-state index is 0.173. The summed E-state index contributed by atoms with van der Waals surface area (Å²) in [5.41, 5.74) is 2.75. The molecule has 23 heavy (non-hydrogen) atoms. The molecule has 1 N–H and O–H groups in total. The Labute approximate surface area is 146 Å². The molecule has 0 fully saturated rings. The first-order valence-corrected chi connectivity index (χ1v) is 8.82. The molecule has 1 amide bonds. The first-order valence-electron chi connectivity index (χ1n) is 6.62. The average molecular weight is 360 g/mol. The van der Waals surface area contributed by atoms with Crippen LogP contribution in [-0.4, -0.2) is 10.9 Å². The van der Waals surface area contributed by atoms with Gasteiger partial charge in [-0.05, 0) is 29.6 Å². The van der Waals surface area contributed by atoms with Crippen LogP contribution in [0.5, 0.6) is 0 Å². The van der Waals surface area contributed by atoms with Crippen molar-refractivity contribution in [3.8, 4) is 16.6 Å². The van der Waals surface area contributed by atoms with E-state index in [4.69, 9.17) is 16.9 Å². The minimum atomic E-state index is -0.173. The Morgan fingerprint density at radius 3 is 2.91 bits per heavy atom. The third-order valence-electron chi connectivity index (χ3n) is 3.03. The third-order valence-corrected chi connectivity index (χ3v) is 4.97. The second kappa shape index (κ2) is 6.92. The smallest absolute Gasteiger partial charge is 0.230 e. The maximum absolute atomic E-state index is 12.1. The van der Waals surface area contributed by atoms with Crippen molar-refractivity contribution < 1.29 is 4.79 Å². The zero-order valence-electron chi connectivity index (χ0n) is 11.7. The second-order valence-electron chi connectivity index (χ2n) is 4.69. The highest BCUT2D eigenvalue weighted by Gasteiger charge is 2.10. The number of nitriles is 1. The van der Waals surface area contributed by atoms with E-state index in [1.54, 1.807) is 29.5 Å². The van der Waals surface area contributed by atoms with Gasteiger partial charge in [0.05, 0.1) is 22.7 Å². The lowest BCUT2D eigenvalue weighted by Crippen LogP contribution is -2.14. The first-order chi connectivity index (χ1) is 11.2. The van der Waals surface area contributed by atoms with Crippen molar-refractivity contribution in [1.29, 1.82) is 5.26 Å². The molecule has 0 radical (unpaired) electrons. The van der Waals surface area contributed by atoms with Crippen molar-refractivity contribution in [1.82, 2.24) is 4.98 Å². The fraction of sp³-hybridized carbons (Fsp3) is 0.0625. The summed E-state index contributed by atoms with van der Waals surface area (Å²) in [5.74, 6) is -0.173. The maximum atomic E-state index is 12.1. The molecule has 0 aliphatic rings. The number of anilines is 1. The molecule has 1 aromatic carbocycles. The lowest BCUT2D eigenvalue weighted by Gasteiger charge is -2.05. The van der Waals surface area contributed by atoms with E-state index in [1.807, 2.05) is 28.3 Å². The molecule has 0 saturated heterocycles. The van der Waals surface area contributed by atoms with E-state index in [9.17, 15) is 4.79 Å². The van der Waals surface area contributed by atoms with E-state index in [-0.39, 0.29) is 12.3 Å². The molecule has 0 unspecified atom stereocenters. The summed E-state index contributed by atoms with van der Waals surface area (Å²) in [4.78, 5) is 16.6. The summed E-state index contributed by atoms with van der Waals surface area (Å²) >= 11 is 9.09. The zero-order valence-corrected chi connectivity index (χ0v) is 14.1. The van der Waals surface area contributed by atoms with E-state index in [0.717, 1.165) is 16.3 Å². The SMILES string of the molecule is N#Cc1ccc(NC(=O)Cc2csc(-c3ccsc3)n2)cc1Cl. The van der Waals surface area contributed by atoms with Gasteiger partial charge in [-0.3, -0.25) is 4.79 Å². The number of rotatable bonds is 4. The summed E-state index contributed by atoms with van der Waals surface area (Å²) in [5, 5.41) is 18.7. The number of aromatic nitrogens is 1. The fourth-order valence-electron chi connectivity index (χ4n) is 1.96. The number of nitrogens with zero attached hydrogens (tertiary/aromatic N) is 2. The number of thiophene rings is 1. The minimum Gasteiger partial charge on any atom is -0.326 e. The molecule has 0 bridgehead atoms. The number of amides is 1. The molecule has 4 nitrogen and oxygen atoms in total. The molecule has 0 atom stereocenters. The molecule has 7 heteroatoms. The average Bonchev–Trinajstić information content (AvgIpc) is 3.18. The fourth-order valence-corrected chi connectivity index (χ4v) is 3.71. The van der Waals surface area contributed by atoms with Crippen molar-refractivity contribution in [2.45, 2.75) is 6.42 Å². The van der Waals surface area contributed by atoms with Crippen LogP contribution in [0.4, 0.5) is 5.69 Å². The first kappa shape index (κ1) is 15.7. The quantitative estimate of drug-likeness (QED) is 0.741. The Morgan fingerprint density at radius 2 is 2.22 bits per heavy atom. The molecule has 2 heterocycles. The van der Waals surface area contributed by atoms with Gasteiger partial charge >= 0.3 is 0 Å². The summed E-state index contributed by atoms with van der Waals surface area (Å²) in [6.45, 7) is 0. The third kappa shape index (κ3) is 3.77. The number of benzene rings is 1. The topological polar surface area (TPSA) is 65.8 Å². The molecular formula is C16H10ClN3OS2. The van der Waals surface area contributed by atoms with Crippen LogP contribution in [0, 0.1) is 11.3 Å². The van der Waals surface area contributed by atoms with E-state index in [0.29, 0.717) is 16.3 Å². The van der Waals surface area contributed by atoms with Crippen molar-refractivity contribution in [3.05, 3.63) is 56.7 Å². The van der Waals surface area contributed by atoms with Gasteiger partial charge in [-0.1, -0.05) is 11.6 Å². The Hall–Kier alpha value is -2.20. The summed E-state index contributed by atoms with van der Waals surface area (Å²) in [7, 11) is 0. The number of nitrogens with one attached hydrogen (secondary N) is 1. The van der Waals surface area contributed by atoms with E-state index >= 15 is 0 Å². The number of hydrogen-bond donors (Lipinski definition) is 1. The van der Waals surface area contributed by atoms with Gasteiger partial charge in [0.2, 0.25) is 5.91 Å². The Balaban J connectivity index is 1.66. The monoisotopic (exact) mass is 359 g/mol. The van der Waals surface area contributed by atoms with Gasteiger partial charge in [0.15, 0.2) is 0 Å².